The van der Waals surface area contributed by atoms with Crippen molar-refractivity contribution < 1.29 is 18.5 Å². The van der Waals surface area contributed by atoms with Crippen molar-refractivity contribution in [2.24, 2.45) is 0 Å². The summed E-state index contributed by atoms with van der Waals surface area (Å²) in [5.74, 6) is 0.589. The van der Waals surface area contributed by atoms with E-state index < -0.39 is 5.54 Å². The smallest absolute Gasteiger partial charge is 0.291 e. The highest BCUT2D eigenvalue weighted by Gasteiger charge is 2.39. The third-order valence-electron chi connectivity index (χ3n) is 5.51. The van der Waals surface area contributed by atoms with Gasteiger partial charge in [0.15, 0.2) is 11.6 Å². The van der Waals surface area contributed by atoms with Crippen molar-refractivity contribution in [3.8, 4) is 0 Å². The molecule has 0 spiro atoms. The summed E-state index contributed by atoms with van der Waals surface area (Å²) in [6, 6.07) is 8.45. The van der Waals surface area contributed by atoms with Crippen LogP contribution in [0.3, 0.4) is 0 Å². The summed E-state index contributed by atoms with van der Waals surface area (Å²) in [6.45, 7) is 3.60. The van der Waals surface area contributed by atoms with Gasteiger partial charge in [0.05, 0.1) is 6.26 Å². The molecule has 0 aliphatic heterocycles. The summed E-state index contributed by atoms with van der Waals surface area (Å²) < 4.78 is 10.3. The molecule has 0 bridgehead atoms. The first-order valence-electron chi connectivity index (χ1n) is 10.1. The maximum Gasteiger partial charge on any atom is 0.291 e. The number of nitrogens with one attached hydrogen (secondary N) is 2. The number of hydrogen-bond acceptors (Lipinski definition) is 6. The van der Waals surface area contributed by atoms with Crippen LogP contribution in [0, 0.1) is 13.8 Å². The number of aromatic nitrogens is 2. The molecule has 0 saturated heterocycles. The van der Waals surface area contributed by atoms with Gasteiger partial charge >= 0.3 is 0 Å². The molecule has 2 amide bonds. The monoisotopic (exact) mass is 408 g/mol. The van der Waals surface area contributed by atoms with E-state index in [1.54, 1.807) is 37.3 Å². The fourth-order valence-electron chi connectivity index (χ4n) is 3.83. The second kappa shape index (κ2) is 8.14. The van der Waals surface area contributed by atoms with Crippen LogP contribution in [0.1, 0.15) is 70.3 Å². The van der Waals surface area contributed by atoms with Gasteiger partial charge in [0.25, 0.3) is 11.8 Å². The van der Waals surface area contributed by atoms with Crippen LogP contribution in [0.5, 0.6) is 0 Å². The topological polar surface area (TPSA) is 110 Å². The molecule has 30 heavy (non-hydrogen) atoms. The molecule has 2 heterocycles. The Labute approximate surface area is 174 Å². The highest BCUT2D eigenvalue weighted by molar-refractivity contribution is 6.04. The lowest BCUT2D eigenvalue weighted by atomic mass is 9.80. The van der Waals surface area contributed by atoms with Gasteiger partial charge in [-0.3, -0.25) is 9.59 Å². The fraction of sp³-hybridized carbons (Fsp3) is 0.364. The first kappa shape index (κ1) is 19.9. The van der Waals surface area contributed by atoms with Gasteiger partial charge in [0.2, 0.25) is 5.89 Å². The minimum atomic E-state index is -0.643. The van der Waals surface area contributed by atoms with Crippen molar-refractivity contribution in [3.05, 3.63) is 65.2 Å². The van der Waals surface area contributed by atoms with Gasteiger partial charge in [-0.15, -0.1) is 0 Å². The van der Waals surface area contributed by atoms with Crippen molar-refractivity contribution in [1.82, 2.24) is 15.5 Å². The van der Waals surface area contributed by atoms with Crippen molar-refractivity contribution >= 4 is 17.5 Å². The minimum absolute atomic E-state index is 0.206. The summed E-state index contributed by atoms with van der Waals surface area (Å²) in [5, 5.41) is 10.0. The van der Waals surface area contributed by atoms with E-state index in [1.807, 2.05) is 6.92 Å². The average Bonchev–Trinajstić information content (AvgIpc) is 3.42. The molecule has 0 unspecified atom stereocenters. The number of anilines is 1. The van der Waals surface area contributed by atoms with E-state index in [1.165, 1.54) is 6.26 Å². The molecule has 1 saturated carbocycles. The number of nitrogens with zero attached hydrogens (tertiary/aromatic N) is 2. The molecular weight excluding hydrogens is 384 g/mol. The van der Waals surface area contributed by atoms with E-state index in [0.717, 1.165) is 37.7 Å². The second-order valence-corrected chi connectivity index (χ2v) is 7.70. The van der Waals surface area contributed by atoms with Crippen LogP contribution in [-0.2, 0) is 5.54 Å². The summed E-state index contributed by atoms with van der Waals surface area (Å²) >= 11 is 0. The van der Waals surface area contributed by atoms with Gasteiger partial charge in [-0.1, -0.05) is 30.5 Å². The van der Waals surface area contributed by atoms with Gasteiger partial charge in [-0.25, -0.2) is 0 Å². The van der Waals surface area contributed by atoms with Gasteiger partial charge in [0, 0.05) is 18.2 Å². The quantitative estimate of drug-likeness (QED) is 0.657. The first-order valence-corrected chi connectivity index (χ1v) is 10.1. The lowest BCUT2D eigenvalue weighted by Gasteiger charge is -2.35. The zero-order valence-electron chi connectivity index (χ0n) is 17.0. The second-order valence-electron chi connectivity index (χ2n) is 7.70. The number of aryl methyl sites for hydroxylation is 2. The third kappa shape index (κ3) is 3.98. The largest absolute Gasteiger partial charge is 0.459 e. The van der Waals surface area contributed by atoms with E-state index in [4.69, 9.17) is 8.94 Å². The van der Waals surface area contributed by atoms with E-state index >= 15 is 0 Å². The first-order chi connectivity index (χ1) is 14.5. The van der Waals surface area contributed by atoms with Crippen LogP contribution < -0.4 is 10.6 Å². The molecule has 156 valence electrons. The zero-order valence-corrected chi connectivity index (χ0v) is 17.0. The van der Waals surface area contributed by atoms with Gasteiger partial charge in [-0.2, -0.15) is 4.98 Å². The van der Waals surface area contributed by atoms with Crippen molar-refractivity contribution in [3.63, 3.8) is 0 Å². The molecule has 2 aromatic heterocycles. The predicted octanol–water partition coefficient (Wildman–Crippen LogP) is 4.12. The van der Waals surface area contributed by atoms with Crippen molar-refractivity contribution in [1.29, 1.82) is 0 Å². The number of carbonyl (C=O) groups excluding carboxylic acids is 2. The number of carbonyl (C=O) groups is 2. The Morgan fingerprint density at radius 1 is 1.07 bits per heavy atom. The molecular formula is C22H24N4O4. The zero-order chi connectivity index (χ0) is 21.1. The van der Waals surface area contributed by atoms with Crippen molar-refractivity contribution in [2.45, 2.75) is 51.5 Å². The normalized spacial score (nSPS) is 15.5. The highest BCUT2D eigenvalue weighted by Crippen LogP contribution is 2.36. The molecule has 1 aliphatic carbocycles. The molecule has 3 aromatic rings. The molecule has 0 radical (unpaired) electrons. The number of amides is 2. The molecule has 8 nitrogen and oxygen atoms in total. The van der Waals surface area contributed by atoms with Crippen LogP contribution in [0.2, 0.25) is 0 Å². The lowest BCUT2D eigenvalue weighted by molar-refractivity contribution is 0.0854. The van der Waals surface area contributed by atoms with Gasteiger partial charge < -0.3 is 19.6 Å². The van der Waals surface area contributed by atoms with Crippen LogP contribution in [0.4, 0.5) is 5.69 Å². The number of rotatable bonds is 5. The molecule has 1 fully saturated rings. The summed E-state index contributed by atoms with van der Waals surface area (Å²) in [6.07, 6.45) is 6.02. The number of hydrogen-bond donors (Lipinski definition) is 2. The van der Waals surface area contributed by atoms with Gasteiger partial charge in [-0.05, 0) is 49.6 Å². The van der Waals surface area contributed by atoms with Crippen LogP contribution in [0.25, 0.3) is 0 Å². The van der Waals surface area contributed by atoms with Crippen LogP contribution >= 0.6 is 0 Å². The standard InChI is InChI=1S/C22H24N4O4/c1-14-8-9-16(13-17(14)24-20(28)18-7-6-12-29-18)19(27)25-22(10-4-3-5-11-22)21-23-15(2)30-26-21/h6-9,12-13H,3-5,10-11H2,1-2H3,(H,24,28)(H,25,27). The number of furan rings is 1. The summed E-state index contributed by atoms with van der Waals surface area (Å²) in [4.78, 5) is 29.9. The van der Waals surface area contributed by atoms with Gasteiger partial charge in [0.1, 0.15) is 5.54 Å². The lowest BCUT2D eigenvalue weighted by Crippen LogP contribution is -2.48. The average molecular weight is 408 g/mol. The Kier molecular flexibility index (Phi) is 5.39. The van der Waals surface area contributed by atoms with Crippen LogP contribution in [-0.4, -0.2) is 22.0 Å². The van der Waals surface area contributed by atoms with E-state index in [0.29, 0.717) is 23.0 Å². The molecule has 1 aliphatic rings. The minimum Gasteiger partial charge on any atom is -0.459 e. The molecule has 0 atom stereocenters. The Morgan fingerprint density at radius 3 is 2.53 bits per heavy atom. The Balaban J connectivity index is 1.57. The number of benzene rings is 1. The summed E-state index contributed by atoms with van der Waals surface area (Å²) in [7, 11) is 0. The molecule has 4 rings (SSSR count). The molecule has 1 aromatic carbocycles. The molecule has 2 N–H and O–H groups in total. The maximum absolute atomic E-state index is 13.1. The van der Waals surface area contributed by atoms with E-state index in [2.05, 4.69) is 20.8 Å². The van der Waals surface area contributed by atoms with E-state index in [-0.39, 0.29) is 17.6 Å². The Bertz CT molecular complexity index is 1050. The van der Waals surface area contributed by atoms with Crippen molar-refractivity contribution in [2.75, 3.05) is 5.32 Å². The SMILES string of the molecule is Cc1nc(C2(NC(=O)c3ccc(C)c(NC(=O)c4ccco4)c3)CCCCC2)no1. The Hall–Kier alpha value is -3.42. The van der Waals surface area contributed by atoms with Crippen LogP contribution in [0.15, 0.2) is 45.5 Å². The maximum atomic E-state index is 13.1. The third-order valence-corrected chi connectivity index (χ3v) is 5.51. The summed E-state index contributed by atoms with van der Waals surface area (Å²) in [5.41, 5.74) is 1.19. The molecule has 8 heteroatoms. The Morgan fingerprint density at radius 2 is 1.87 bits per heavy atom. The highest BCUT2D eigenvalue weighted by atomic mass is 16.5. The van der Waals surface area contributed by atoms with E-state index in [9.17, 15) is 9.59 Å². The fourth-order valence-corrected chi connectivity index (χ4v) is 3.83. The predicted molar refractivity (Wildman–Crippen MR) is 109 cm³/mol.